The third-order valence-corrected chi connectivity index (χ3v) is 2.60. The molecule has 0 aliphatic heterocycles. The third-order valence-electron chi connectivity index (χ3n) is 2.24. The van der Waals surface area contributed by atoms with E-state index in [-0.39, 0.29) is 17.1 Å². The zero-order valence-corrected chi connectivity index (χ0v) is 10.6. The molecule has 106 valence electrons. The predicted octanol–water partition coefficient (Wildman–Crippen LogP) is 3.18. The van der Waals surface area contributed by atoms with Gasteiger partial charge in [-0.2, -0.15) is 13.2 Å². The first-order chi connectivity index (χ1) is 8.70. The van der Waals surface area contributed by atoms with Crippen molar-refractivity contribution < 1.29 is 22.4 Å². The summed E-state index contributed by atoms with van der Waals surface area (Å²) in [6, 6.07) is 3.02. The second kappa shape index (κ2) is 6.10. The van der Waals surface area contributed by atoms with Gasteiger partial charge in [0, 0.05) is 17.6 Å². The molecule has 1 rings (SSSR count). The van der Waals surface area contributed by atoms with Gasteiger partial charge in [-0.1, -0.05) is 17.7 Å². The lowest BCUT2D eigenvalue weighted by atomic mass is 10.2. The number of rotatable bonds is 3. The zero-order chi connectivity index (χ0) is 14.6. The summed E-state index contributed by atoms with van der Waals surface area (Å²) in [5.41, 5.74) is 0.0498. The highest BCUT2D eigenvalue weighted by molar-refractivity contribution is 6.31. The number of benzene rings is 1. The second-order valence-electron chi connectivity index (χ2n) is 3.83. The lowest BCUT2D eigenvalue weighted by Gasteiger charge is -2.19. The fraction of sp³-hybridized carbons (Fsp3) is 0.364. The SMILES string of the molecule is CN(Cc1c(F)cccc1Cl)C(=O)NCC(F)(F)F. The number of nitrogens with zero attached hydrogens (tertiary/aromatic N) is 1. The molecule has 3 nitrogen and oxygen atoms in total. The van der Waals surface area contributed by atoms with Crippen molar-refractivity contribution in [1.29, 1.82) is 0 Å². The van der Waals surface area contributed by atoms with Crippen LogP contribution in [0.15, 0.2) is 18.2 Å². The maximum atomic E-state index is 13.4. The first-order valence-electron chi connectivity index (χ1n) is 5.19. The average molecular weight is 299 g/mol. The van der Waals surface area contributed by atoms with Crippen molar-refractivity contribution in [3.05, 3.63) is 34.6 Å². The van der Waals surface area contributed by atoms with Crippen LogP contribution in [-0.2, 0) is 6.54 Å². The summed E-state index contributed by atoms with van der Waals surface area (Å²) in [4.78, 5) is 12.3. The van der Waals surface area contributed by atoms with Crippen molar-refractivity contribution in [3.63, 3.8) is 0 Å². The van der Waals surface area contributed by atoms with E-state index in [0.29, 0.717) is 0 Å². The molecule has 0 heterocycles. The number of carbonyl (C=O) groups is 1. The first kappa shape index (κ1) is 15.6. The molecule has 1 N–H and O–H groups in total. The Morgan fingerprint density at radius 2 is 2.05 bits per heavy atom. The monoisotopic (exact) mass is 298 g/mol. The molecule has 1 aromatic carbocycles. The summed E-state index contributed by atoms with van der Waals surface area (Å²) in [5, 5.41) is 1.78. The Morgan fingerprint density at radius 3 is 2.58 bits per heavy atom. The molecular weight excluding hydrogens is 288 g/mol. The molecule has 1 aromatic rings. The van der Waals surface area contributed by atoms with Crippen LogP contribution in [0.5, 0.6) is 0 Å². The van der Waals surface area contributed by atoms with Crippen LogP contribution in [0.4, 0.5) is 22.4 Å². The Hall–Kier alpha value is -1.50. The highest BCUT2D eigenvalue weighted by Crippen LogP contribution is 2.20. The molecule has 19 heavy (non-hydrogen) atoms. The van der Waals surface area contributed by atoms with Gasteiger partial charge in [0.2, 0.25) is 0 Å². The van der Waals surface area contributed by atoms with Crippen molar-refractivity contribution in [1.82, 2.24) is 10.2 Å². The second-order valence-corrected chi connectivity index (χ2v) is 4.24. The van der Waals surface area contributed by atoms with Crippen molar-refractivity contribution in [3.8, 4) is 0 Å². The van der Waals surface area contributed by atoms with Crippen molar-refractivity contribution in [2.75, 3.05) is 13.6 Å². The Labute approximate surface area is 112 Å². The molecule has 0 bridgehead atoms. The number of urea groups is 1. The first-order valence-corrected chi connectivity index (χ1v) is 5.57. The van der Waals surface area contributed by atoms with Gasteiger partial charge in [-0.15, -0.1) is 0 Å². The molecule has 0 saturated carbocycles. The molecule has 0 saturated heterocycles. The van der Waals surface area contributed by atoms with Gasteiger partial charge in [0.25, 0.3) is 0 Å². The third kappa shape index (κ3) is 4.94. The van der Waals surface area contributed by atoms with Crippen LogP contribution < -0.4 is 5.32 Å². The van der Waals surface area contributed by atoms with E-state index in [0.717, 1.165) is 11.0 Å². The van der Waals surface area contributed by atoms with Crippen LogP contribution in [0.25, 0.3) is 0 Å². The van der Waals surface area contributed by atoms with E-state index in [2.05, 4.69) is 0 Å². The lowest BCUT2D eigenvalue weighted by molar-refractivity contribution is -0.123. The number of amides is 2. The molecule has 2 amide bonds. The van der Waals surface area contributed by atoms with Crippen molar-refractivity contribution in [2.24, 2.45) is 0 Å². The highest BCUT2D eigenvalue weighted by Gasteiger charge is 2.28. The van der Waals surface area contributed by atoms with Gasteiger partial charge in [-0.05, 0) is 12.1 Å². The maximum absolute atomic E-state index is 13.4. The zero-order valence-electron chi connectivity index (χ0n) is 9.89. The van der Waals surface area contributed by atoms with Crippen molar-refractivity contribution >= 4 is 17.6 Å². The van der Waals surface area contributed by atoms with E-state index >= 15 is 0 Å². The maximum Gasteiger partial charge on any atom is 0.405 e. The molecule has 0 radical (unpaired) electrons. The number of alkyl halides is 3. The molecule has 8 heteroatoms. The fourth-order valence-electron chi connectivity index (χ4n) is 1.30. The van der Waals surface area contributed by atoms with E-state index in [9.17, 15) is 22.4 Å². The van der Waals surface area contributed by atoms with Gasteiger partial charge in [0.1, 0.15) is 12.4 Å². The summed E-state index contributed by atoms with van der Waals surface area (Å²) in [7, 11) is 1.24. The Kier molecular flexibility index (Phi) is 4.99. The fourth-order valence-corrected chi connectivity index (χ4v) is 1.53. The van der Waals surface area contributed by atoms with E-state index in [4.69, 9.17) is 11.6 Å². The Morgan fingerprint density at radius 1 is 1.42 bits per heavy atom. The molecule has 0 unspecified atom stereocenters. The number of hydrogen-bond donors (Lipinski definition) is 1. The van der Waals surface area contributed by atoms with Gasteiger partial charge in [0.15, 0.2) is 0 Å². The lowest BCUT2D eigenvalue weighted by Crippen LogP contribution is -2.41. The molecule has 0 aromatic heterocycles. The van der Waals surface area contributed by atoms with Crippen molar-refractivity contribution in [2.45, 2.75) is 12.7 Å². The van der Waals surface area contributed by atoms with Crippen LogP contribution in [0.1, 0.15) is 5.56 Å². The molecule has 0 fully saturated rings. The topological polar surface area (TPSA) is 32.3 Å². The summed E-state index contributed by atoms with van der Waals surface area (Å²) in [6.07, 6.45) is -4.49. The quantitative estimate of drug-likeness (QED) is 0.854. The van der Waals surface area contributed by atoms with Gasteiger partial charge in [-0.25, -0.2) is 9.18 Å². The van der Waals surface area contributed by atoms with Crippen LogP contribution >= 0.6 is 11.6 Å². The Balaban J connectivity index is 2.64. The molecule has 0 spiro atoms. The molecule has 0 aliphatic rings. The minimum absolute atomic E-state index is 0.0498. The largest absolute Gasteiger partial charge is 0.405 e. The molecule has 0 atom stereocenters. The minimum atomic E-state index is -4.49. The number of carbonyl (C=O) groups excluding carboxylic acids is 1. The van der Waals surface area contributed by atoms with Crippen LogP contribution in [0.3, 0.4) is 0 Å². The van der Waals surface area contributed by atoms with Gasteiger partial charge < -0.3 is 10.2 Å². The van der Waals surface area contributed by atoms with Crippen LogP contribution in [0.2, 0.25) is 5.02 Å². The summed E-state index contributed by atoms with van der Waals surface area (Å²) >= 11 is 5.75. The predicted molar refractivity (Wildman–Crippen MR) is 62.3 cm³/mol. The highest BCUT2D eigenvalue weighted by atomic mass is 35.5. The summed E-state index contributed by atoms with van der Waals surface area (Å²) in [6.45, 7) is -1.67. The van der Waals surface area contributed by atoms with E-state index in [1.807, 2.05) is 0 Å². The normalized spacial score (nSPS) is 11.3. The summed E-state index contributed by atoms with van der Waals surface area (Å²) < 4.78 is 49.2. The van der Waals surface area contributed by atoms with Gasteiger partial charge in [0.05, 0.1) is 6.54 Å². The number of halogens is 5. The smallest absolute Gasteiger partial charge is 0.329 e. The summed E-state index contributed by atoms with van der Waals surface area (Å²) in [5.74, 6) is -0.622. The average Bonchev–Trinajstić information content (AvgIpc) is 2.29. The van der Waals surface area contributed by atoms with E-state index < -0.39 is 24.6 Å². The van der Waals surface area contributed by atoms with E-state index in [1.165, 1.54) is 19.2 Å². The molecule has 0 aliphatic carbocycles. The molecular formula is C11H11ClF4N2O. The van der Waals surface area contributed by atoms with Gasteiger partial charge >= 0.3 is 12.2 Å². The number of nitrogens with one attached hydrogen (secondary N) is 1. The van der Waals surface area contributed by atoms with Crippen LogP contribution in [0, 0.1) is 5.82 Å². The van der Waals surface area contributed by atoms with Crippen LogP contribution in [-0.4, -0.2) is 30.7 Å². The standard InChI is InChI=1S/C11H11ClF4N2O/c1-18(10(19)17-6-11(14,15)16)5-7-8(12)3-2-4-9(7)13/h2-4H,5-6H2,1H3,(H,17,19). The van der Waals surface area contributed by atoms with E-state index in [1.54, 1.807) is 5.32 Å². The number of hydrogen-bond acceptors (Lipinski definition) is 1. The minimum Gasteiger partial charge on any atom is -0.329 e. The van der Waals surface area contributed by atoms with Gasteiger partial charge in [-0.3, -0.25) is 0 Å². The Bertz CT molecular complexity index is 444.